The maximum absolute atomic E-state index is 12.9. The van der Waals surface area contributed by atoms with Gasteiger partial charge in [-0.15, -0.1) is 0 Å². The number of sulfonamides is 1. The summed E-state index contributed by atoms with van der Waals surface area (Å²) in [6.45, 7) is 0.602. The predicted octanol–water partition coefficient (Wildman–Crippen LogP) is 4.52. The zero-order valence-corrected chi connectivity index (χ0v) is 17.8. The molecule has 31 heavy (non-hydrogen) atoms. The minimum absolute atomic E-state index is 0.176. The minimum Gasteiger partial charge on any atom is -0.457 e. The smallest absolute Gasteiger partial charge is 0.243 e. The summed E-state index contributed by atoms with van der Waals surface area (Å²) in [5.74, 6) is 0.834. The Kier molecular flexibility index (Phi) is 6.34. The molecule has 1 aliphatic heterocycles. The number of piperidine rings is 1. The molecule has 1 saturated heterocycles. The molecule has 0 spiro atoms. The van der Waals surface area contributed by atoms with Gasteiger partial charge in [0.15, 0.2) is 0 Å². The Bertz CT molecular complexity index is 1120. The molecule has 6 nitrogen and oxygen atoms in total. The number of hydrogen-bond donors (Lipinski definition) is 1. The Labute approximate surface area is 182 Å². The molecule has 1 atom stereocenters. The molecule has 4 rings (SSSR count). The number of ether oxygens (including phenoxy) is 1. The van der Waals surface area contributed by atoms with Crippen LogP contribution >= 0.6 is 0 Å². The first kappa shape index (κ1) is 21.1. The van der Waals surface area contributed by atoms with Crippen molar-refractivity contribution in [2.45, 2.75) is 17.7 Å². The standard InChI is InChI=1S/C24H24N2O4S/c27-24(25-20-13-15-22(16-14-20)30-21-9-3-1-4-10-21)19-8-7-17-26(18-19)31(28,29)23-11-5-2-6-12-23/h1-6,9-16,19H,7-8,17-18H2,(H,25,27)/t19-/m0/s1. The largest absolute Gasteiger partial charge is 0.457 e. The van der Waals surface area contributed by atoms with Crippen molar-refractivity contribution in [1.82, 2.24) is 4.31 Å². The van der Waals surface area contributed by atoms with Crippen molar-refractivity contribution in [2.75, 3.05) is 18.4 Å². The number of anilines is 1. The van der Waals surface area contributed by atoms with E-state index in [1.165, 1.54) is 4.31 Å². The van der Waals surface area contributed by atoms with Crippen LogP contribution in [0.4, 0.5) is 5.69 Å². The van der Waals surface area contributed by atoms with Crippen LogP contribution in [-0.4, -0.2) is 31.7 Å². The molecule has 1 fully saturated rings. The van der Waals surface area contributed by atoms with Crippen LogP contribution < -0.4 is 10.1 Å². The molecule has 0 unspecified atom stereocenters. The van der Waals surface area contributed by atoms with E-state index in [9.17, 15) is 13.2 Å². The molecule has 3 aromatic carbocycles. The molecule has 0 saturated carbocycles. The van der Waals surface area contributed by atoms with Crippen LogP contribution in [-0.2, 0) is 14.8 Å². The van der Waals surface area contributed by atoms with Crippen molar-refractivity contribution in [1.29, 1.82) is 0 Å². The molecule has 3 aromatic rings. The summed E-state index contributed by atoms with van der Waals surface area (Å²) in [7, 11) is -3.60. The second-order valence-electron chi connectivity index (χ2n) is 7.44. The van der Waals surface area contributed by atoms with Gasteiger partial charge in [-0.1, -0.05) is 36.4 Å². The number of para-hydroxylation sites is 1. The molecular weight excluding hydrogens is 412 g/mol. The Morgan fingerprint density at radius 3 is 2.16 bits per heavy atom. The number of amides is 1. The summed E-state index contributed by atoms with van der Waals surface area (Å²) < 4.78 is 32.9. The van der Waals surface area contributed by atoms with Crippen molar-refractivity contribution < 1.29 is 17.9 Å². The fraction of sp³-hybridized carbons (Fsp3) is 0.208. The van der Waals surface area contributed by atoms with Crippen molar-refractivity contribution in [3.63, 3.8) is 0 Å². The lowest BCUT2D eigenvalue weighted by atomic mass is 9.99. The van der Waals surface area contributed by atoms with Gasteiger partial charge < -0.3 is 10.1 Å². The maximum Gasteiger partial charge on any atom is 0.243 e. The Balaban J connectivity index is 1.38. The van der Waals surface area contributed by atoms with Gasteiger partial charge in [-0.2, -0.15) is 4.31 Å². The molecule has 0 bridgehead atoms. The molecule has 0 aromatic heterocycles. The number of benzene rings is 3. The Morgan fingerprint density at radius 1 is 0.871 bits per heavy atom. The predicted molar refractivity (Wildman–Crippen MR) is 120 cm³/mol. The lowest BCUT2D eigenvalue weighted by Gasteiger charge is -2.31. The summed E-state index contributed by atoms with van der Waals surface area (Å²) in [6.07, 6.45) is 1.30. The molecular formula is C24H24N2O4S. The first-order valence-electron chi connectivity index (χ1n) is 10.2. The Hall–Kier alpha value is -3.16. The summed E-state index contributed by atoms with van der Waals surface area (Å²) >= 11 is 0. The molecule has 1 heterocycles. The quantitative estimate of drug-likeness (QED) is 0.617. The first-order valence-corrected chi connectivity index (χ1v) is 11.7. The molecule has 7 heteroatoms. The molecule has 1 N–H and O–H groups in total. The van der Waals surface area contributed by atoms with Crippen molar-refractivity contribution in [2.24, 2.45) is 5.92 Å². The van der Waals surface area contributed by atoms with E-state index in [2.05, 4.69) is 5.32 Å². The first-order chi connectivity index (χ1) is 15.0. The van der Waals surface area contributed by atoms with Crippen LogP contribution in [0.5, 0.6) is 11.5 Å². The van der Waals surface area contributed by atoms with E-state index in [0.717, 1.165) is 5.75 Å². The zero-order valence-electron chi connectivity index (χ0n) is 17.0. The van der Waals surface area contributed by atoms with E-state index in [-0.39, 0.29) is 17.3 Å². The Morgan fingerprint density at radius 2 is 1.48 bits per heavy atom. The second-order valence-corrected chi connectivity index (χ2v) is 9.38. The van der Waals surface area contributed by atoms with Gasteiger partial charge in [0.05, 0.1) is 10.8 Å². The van der Waals surface area contributed by atoms with Crippen LogP contribution in [0.15, 0.2) is 89.8 Å². The molecule has 160 valence electrons. The third-order valence-electron chi connectivity index (χ3n) is 5.24. The number of nitrogens with zero attached hydrogens (tertiary/aromatic N) is 1. The van der Waals surface area contributed by atoms with Crippen molar-refractivity contribution in [3.05, 3.63) is 84.9 Å². The topological polar surface area (TPSA) is 75.7 Å². The van der Waals surface area contributed by atoms with E-state index in [1.807, 2.05) is 30.3 Å². The van der Waals surface area contributed by atoms with Gasteiger partial charge in [-0.05, 0) is 61.4 Å². The molecule has 0 radical (unpaired) electrons. The number of rotatable bonds is 6. The van der Waals surface area contributed by atoms with E-state index in [0.29, 0.717) is 30.8 Å². The maximum atomic E-state index is 12.9. The van der Waals surface area contributed by atoms with Gasteiger partial charge in [0, 0.05) is 18.8 Å². The van der Waals surface area contributed by atoms with Gasteiger partial charge in [0.25, 0.3) is 0 Å². The molecule has 1 aliphatic rings. The average molecular weight is 437 g/mol. The summed E-state index contributed by atoms with van der Waals surface area (Å²) in [5.41, 5.74) is 0.647. The third-order valence-corrected chi connectivity index (χ3v) is 7.12. The lowest BCUT2D eigenvalue weighted by Crippen LogP contribution is -2.43. The number of nitrogens with one attached hydrogen (secondary N) is 1. The van der Waals surface area contributed by atoms with E-state index in [1.54, 1.807) is 54.6 Å². The molecule has 1 amide bonds. The van der Waals surface area contributed by atoms with E-state index in [4.69, 9.17) is 4.74 Å². The highest BCUT2D eigenvalue weighted by Gasteiger charge is 2.33. The lowest BCUT2D eigenvalue weighted by molar-refractivity contribution is -0.120. The normalized spacial score (nSPS) is 17.1. The second kappa shape index (κ2) is 9.32. The van der Waals surface area contributed by atoms with E-state index < -0.39 is 15.9 Å². The fourth-order valence-corrected chi connectivity index (χ4v) is 5.14. The number of hydrogen-bond acceptors (Lipinski definition) is 4. The monoisotopic (exact) mass is 436 g/mol. The van der Waals surface area contributed by atoms with E-state index >= 15 is 0 Å². The summed E-state index contributed by atoms with van der Waals surface area (Å²) in [5, 5.41) is 2.90. The van der Waals surface area contributed by atoms with Gasteiger partial charge >= 0.3 is 0 Å². The average Bonchev–Trinajstić information content (AvgIpc) is 2.82. The van der Waals surface area contributed by atoms with Crippen LogP contribution in [0.3, 0.4) is 0 Å². The van der Waals surface area contributed by atoms with Crippen LogP contribution in [0.2, 0.25) is 0 Å². The number of carbonyl (C=O) groups is 1. The van der Waals surface area contributed by atoms with Crippen LogP contribution in [0, 0.1) is 5.92 Å². The highest BCUT2D eigenvalue weighted by Crippen LogP contribution is 2.26. The van der Waals surface area contributed by atoms with Gasteiger partial charge in [0.2, 0.25) is 15.9 Å². The fourth-order valence-electron chi connectivity index (χ4n) is 3.59. The minimum atomic E-state index is -3.60. The summed E-state index contributed by atoms with van der Waals surface area (Å²) in [4.78, 5) is 13.0. The van der Waals surface area contributed by atoms with Crippen molar-refractivity contribution in [3.8, 4) is 11.5 Å². The van der Waals surface area contributed by atoms with Crippen molar-refractivity contribution >= 4 is 21.6 Å². The van der Waals surface area contributed by atoms with Crippen LogP contribution in [0.25, 0.3) is 0 Å². The molecule has 0 aliphatic carbocycles. The SMILES string of the molecule is O=C(Nc1ccc(Oc2ccccc2)cc1)[C@H]1CCCN(S(=O)(=O)c2ccccc2)C1. The third kappa shape index (κ3) is 5.13. The number of carbonyl (C=O) groups excluding carboxylic acids is 1. The highest BCUT2D eigenvalue weighted by atomic mass is 32.2. The van der Waals surface area contributed by atoms with Gasteiger partial charge in [0.1, 0.15) is 11.5 Å². The summed E-state index contributed by atoms with van der Waals surface area (Å²) in [6, 6.07) is 24.9. The zero-order chi connectivity index (χ0) is 21.7. The van der Waals surface area contributed by atoms with Crippen LogP contribution in [0.1, 0.15) is 12.8 Å². The van der Waals surface area contributed by atoms with Gasteiger partial charge in [-0.25, -0.2) is 8.42 Å². The van der Waals surface area contributed by atoms with Gasteiger partial charge in [-0.3, -0.25) is 4.79 Å². The highest BCUT2D eigenvalue weighted by molar-refractivity contribution is 7.89.